The zero-order valence-electron chi connectivity index (χ0n) is 16.7. The number of rotatable bonds is 5. The molecule has 3 amide bonds. The molecule has 2 aliphatic rings. The first-order valence-electron chi connectivity index (χ1n) is 9.90. The first-order chi connectivity index (χ1) is 13.0. The van der Waals surface area contributed by atoms with Gasteiger partial charge in [-0.25, -0.2) is 4.79 Å². The number of benzene rings is 1. The number of amides is 3. The molecule has 0 spiro atoms. The van der Waals surface area contributed by atoms with Crippen molar-refractivity contribution >= 4 is 24.3 Å². The summed E-state index contributed by atoms with van der Waals surface area (Å²) < 4.78 is 0. The van der Waals surface area contributed by atoms with Crippen LogP contribution in [0.3, 0.4) is 0 Å². The third kappa shape index (κ3) is 6.09. The van der Waals surface area contributed by atoms with Gasteiger partial charge >= 0.3 is 6.03 Å². The molecule has 1 aromatic carbocycles. The number of halogens is 1. The van der Waals surface area contributed by atoms with Gasteiger partial charge in [0.1, 0.15) is 0 Å². The molecule has 3 N–H and O–H groups in total. The molecule has 8 heteroatoms. The topological polar surface area (TPSA) is 76.7 Å². The van der Waals surface area contributed by atoms with Gasteiger partial charge in [0, 0.05) is 63.5 Å². The lowest BCUT2D eigenvalue weighted by Crippen LogP contribution is -2.49. The van der Waals surface area contributed by atoms with Crippen LogP contribution in [0.5, 0.6) is 0 Å². The largest absolute Gasteiger partial charge is 0.337 e. The summed E-state index contributed by atoms with van der Waals surface area (Å²) in [6.45, 7) is 10.1. The molecule has 156 valence electrons. The Labute approximate surface area is 173 Å². The molecule has 0 bridgehead atoms. The highest BCUT2D eigenvalue weighted by atomic mass is 35.5. The Hall–Kier alpha value is -1.83. The number of urea groups is 1. The van der Waals surface area contributed by atoms with Crippen molar-refractivity contribution in [3.63, 3.8) is 0 Å². The number of nitrogens with one attached hydrogen (secondary N) is 3. The summed E-state index contributed by atoms with van der Waals surface area (Å²) in [5, 5.41) is 8.99. The maximum atomic E-state index is 12.8. The third-order valence-corrected chi connectivity index (χ3v) is 5.19. The zero-order chi connectivity index (χ0) is 19.2. The van der Waals surface area contributed by atoms with Crippen molar-refractivity contribution in [2.24, 2.45) is 0 Å². The summed E-state index contributed by atoms with van der Waals surface area (Å²) in [6, 6.07) is 7.95. The minimum atomic E-state index is -0.179. The molecule has 2 saturated heterocycles. The van der Waals surface area contributed by atoms with Crippen molar-refractivity contribution in [1.82, 2.24) is 25.8 Å². The van der Waals surface area contributed by atoms with Crippen molar-refractivity contribution in [3.8, 4) is 0 Å². The monoisotopic (exact) mass is 409 g/mol. The van der Waals surface area contributed by atoms with Crippen molar-refractivity contribution < 1.29 is 9.59 Å². The molecule has 2 heterocycles. The molecular formula is C20H32ClN5O2. The van der Waals surface area contributed by atoms with Crippen LogP contribution in [-0.2, 0) is 6.54 Å². The van der Waals surface area contributed by atoms with Gasteiger partial charge < -0.3 is 20.9 Å². The Morgan fingerprint density at radius 3 is 2.46 bits per heavy atom. The molecule has 28 heavy (non-hydrogen) atoms. The summed E-state index contributed by atoms with van der Waals surface area (Å²) in [4.78, 5) is 28.9. The van der Waals surface area contributed by atoms with Gasteiger partial charge in [-0.2, -0.15) is 0 Å². The maximum Gasteiger partial charge on any atom is 0.315 e. The van der Waals surface area contributed by atoms with Crippen LogP contribution >= 0.6 is 12.4 Å². The van der Waals surface area contributed by atoms with Gasteiger partial charge in [0.25, 0.3) is 5.91 Å². The molecule has 7 nitrogen and oxygen atoms in total. The van der Waals surface area contributed by atoms with E-state index < -0.39 is 0 Å². The molecule has 0 aromatic heterocycles. The highest BCUT2D eigenvalue weighted by Crippen LogP contribution is 2.19. The fourth-order valence-corrected chi connectivity index (χ4v) is 3.71. The molecule has 3 rings (SSSR count). The van der Waals surface area contributed by atoms with E-state index in [1.165, 1.54) is 0 Å². The van der Waals surface area contributed by atoms with Crippen LogP contribution in [0.1, 0.15) is 36.2 Å². The highest BCUT2D eigenvalue weighted by molar-refractivity contribution is 5.94. The number of nitrogens with zero attached hydrogens (tertiary/aromatic N) is 2. The average Bonchev–Trinajstić information content (AvgIpc) is 3.17. The van der Waals surface area contributed by atoms with Crippen LogP contribution in [0.4, 0.5) is 4.79 Å². The Morgan fingerprint density at radius 2 is 1.82 bits per heavy atom. The molecule has 1 atom stereocenters. The molecule has 0 saturated carbocycles. The fraction of sp³-hybridized carbons (Fsp3) is 0.600. The third-order valence-electron chi connectivity index (χ3n) is 5.19. The van der Waals surface area contributed by atoms with Crippen molar-refractivity contribution in [2.75, 3.05) is 39.3 Å². The second-order valence-corrected chi connectivity index (χ2v) is 7.66. The van der Waals surface area contributed by atoms with E-state index >= 15 is 0 Å². The molecule has 0 radical (unpaired) electrons. The van der Waals surface area contributed by atoms with E-state index in [2.05, 4.69) is 20.9 Å². The van der Waals surface area contributed by atoms with E-state index in [9.17, 15) is 9.59 Å². The highest BCUT2D eigenvalue weighted by Gasteiger charge is 2.31. The van der Waals surface area contributed by atoms with Crippen LogP contribution in [0.25, 0.3) is 0 Å². The number of hydrogen-bond donors (Lipinski definition) is 3. The molecule has 2 aliphatic heterocycles. The Bertz CT molecular complexity index is 647. The number of carbonyl (C=O) groups excluding carboxylic acids is 2. The summed E-state index contributed by atoms with van der Waals surface area (Å²) >= 11 is 0. The minimum absolute atomic E-state index is 0. The van der Waals surface area contributed by atoms with E-state index in [1.54, 1.807) is 0 Å². The summed E-state index contributed by atoms with van der Waals surface area (Å²) in [6.07, 6.45) is 1.05. The average molecular weight is 410 g/mol. The van der Waals surface area contributed by atoms with Gasteiger partial charge in [-0.15, -0.1) is 12.4 Å². The fourth-order valence-electron chi connectivity index (χ4n) is 3.71. The standard InChI is InChI=1S/C20H31N5O2.ClH/c1-15(2)23-20(27)22-13-16-3-5-17(6-4-16)19(26)25-10-7-18(14-25)24-11-8-21-9-12-24;/h3-6,15,18,21H,7-14H2,1-2H3,(H2,22,23,27);1H. The quantitative estimate of drug-likeness (QED) is 0.687. The lowest BCUT2D eigenvalue weighted by atomic mass is 10.1. The lowest BCUT2D eigenvalue weighted by molar-refractivity contribution is 0.0773. The predicted octanol–water partition coefficient (Wildman–Crippen LogP) is 1.44. The molecule has 1 unspecified atom stereocenters. The number of hydrogen-bond acceptors (Lipinski definition) is 4. The second-order valence-electron chi connectivity index (χ2n) is 7.66. The normalized spacial score (nSPS) is 20.0. The Balaban J connectivity index is 0.00000280. The van der Waals surface area contributed by atoms with Crippen LogP contribution in [-0.4, -0.2) is 73.1 Å². The Morgan fingerprint density at radius 1 is 1.14 bits per heavy atom. The van der Waals surface area contributed by atoms with Gasteiger partial charge in [-0.3, -0.25) is 9.69 Å². The van der Waals surface area contributed by atoms with Crippen LogP contribution in [0.15, 0.2) is 24.3 Å². The van der Waals surface area contributed by atoms with Crippen LogP contribution in [0.2, 0.25) is 0 Å². The number of carbonyl (C=O) groups is 2. The Kier molecular flexibility index (Phi) is 8.54. The van der Waals surface area contributed by atoms with E-state index in [4.69, 9.17) is 0 Å². The van der Waals surface area contributed by atoms with Crippen molar-refractivity contribution in [1.29, 1.82) is 0 Å². The van der Waals surface area contributed by atoms with Crippen LogP contribution in [0, 0.1) is 0 Å². The van der Waals surface area contributed by atoms with Crippen molar-refractivity contribution in [3.05, 3.63) is 35.4 Å². The summed E-state index contributed by atoms with van der Waals surface area (Å²) in [7, 11) is 0. The van der Waals surface area contributed by atoms with Gasteiger partial charge in [-0.05, 0) is 38.0 Å². The van der Waals surface area contributed by atoms with Gasteiger partial charge in [-0.1, -0.05) is 12.1 Å². The van der Waals surface area contributed by atoms with E-state index in [0.29, 0.717) is 18.2 Å². The van der Waals surface area contributed by atoms with Gasteiger partial charge in [0.15, 0.2) is 0 Å². The summed E-state index contributed by atoms with van der Waals surface area (Å²) in [5.41, 5.74) is 1.69. The van der Waals surface area contributed by atoms with Gasteiger partial charge in [0.05, 0.1) is 0 Å². The predicted molar refractivity (Wildman–Crippen MR) is 113 cm³/mol. The number of likely N-dealkylation sites (tertiary alicyclic amines) is 1. The van der Waals surface area contributed by atoms with E-state index in [1.807, 2.05) is 43.0 Å². The minimum Gasteiger partial charge on any atom is -0.337 e. The SMILES string of the molecule is CC(C)NC(=O)NCc1ccc(C(=O)N2CCC(N3CCNCC3)C2)cc1.Cl. The summed E-state index contributed by atoms with van der Waals surface area (Å²) in [5.74, 6) is 0.102. The molecule has 0 aliphatic carbocycles. The van der Waals surface area contributed by atoms with Crippen molar-refractivity contribution in [2.45, 2.75) is 38.9 Å². The van der Waals surface area contributed by atoms with E-state index in [0.717, 1.165) is 51.3 Å². The second kappa shape index (κ2) is 10.6. The molecule has 2 fully saturated rings. The molecular weight excluding hydrogens is 378 g/mol. The lowest BCUT2D eigenvalue weighted by Gasteiger charge is -2.32. The van der Waals surface area contributed by atoms with E-state index in [-0.39, 0.29) is 30.4 Å². The zero-order valence-corrected chi connectivity index (χ0v) is 17.6. The smallest absolute Gasteiger partial charge is 0.315 e. The first-order valence-corrected chi connectivity index (χ1v) is 9.90. The number of piperazine rings is 1. The maximum absolute atomic E-state index is 12.8. The van der Waals surface area contributed by atoms with Gasteiger partial charge in [0.2, 0.25) is 0 Å². The first kappa shape index (κ1) is 22.5. The molecule has 1 aromatic rings. The van der Waals surface area contributed by atoms with Crippen LogP contribution < -0.4 is 16.0 Å².